The van der Waals surface area contributed by atoms with Gasteiger partial charge < -0.3 is 14.2 Å². The Kier molecular flexibility index (Phi) is 8.49. The van der Waals surface area contributed by atoms with Crippen molar-refractivity contribution in [1.82, 2.24) is 5.32 Å². The summed E-state index contributed by atoms with van der Waals surface area (Å²) in [5.74, 6) is 1.33. The van der Waals surface area contributed by atoms with Crippen molar-refractivity contribution in [2.75, 3.05) is 0 Å². The molecule has 3 heterocycles. The summed E-state index contributed by atoms with van der Waals surface area (Å²) in [6.45, 7) is 0. The van der Waals surface area contributed by atoms with Crippen molar-refractivity contribution in [1.29, 1.82) is 0 Å². The van der Waals surface area contributed by atoms with Crippen molar-refractivity contribution >= 4 is 55.5 Å². The Morgan fingerprint density at radius 2 is 0.871 bits per heavy atom. The van der Waals surface area contributed by atoms with E-state index in [2.05, 4.69) is 193 Å². The highest BCUT2D eigenvalue weighted by Gasteiger charge is 2.23. The molecule has 0 aliphatic carbocycles. The largest absolute Gasteiger partial charge is 0.456 e. The summed E-state index contributed by atoms with van der Waals surface area (Å²) in [5.41, 5.74) is 15.3. The molecule has 0 fully saturated rings. The molecule has 0 amide bonds. The summed E-state index contributed by atoms with van der Waals surface area (Å²) in [6.07, 6.45) is -0.387. The van der Waals surface area contributed by atoms with Gasteiger partial charge in [-0.05, 0) is 105 Å². The van der Waals surface area contributed by atoms with E-state index in [9.17, 15) is 0 Å². The molecule has 12 rings (SSSR count). The van der Waals surface area contributed by atoms with Gasteiger partial charge in [0.15, 0.2) is 5.84 Å². The van der Waals surface area contributed by atoms with E-state index in [1.807, 2.05) is 24.3 Å². The van der Waals surface area contributed by atoms with Gasteiger partial charge in [-0.15, -0.1) is 0 Å². The zero-order valence-electron chi connectivity index (χ0n) is 33.5. The molecule has 0 bridgehead atoms. The van der Waals surface area contributed by atoms with Crippen molar-refractivity contribution in [2.24, 2.45) is 9.98 Å². The lowest BCUT2D eigenvalue weighted by Crippen LogP contribution is -2.33. The van der Waals surface area contributed by atoms with Gasteiger partial charge >= 0.3 is 0 Å². The summed E-state index contributed by atoms with van der Waals surface area (Å²) >= 11 is 0. The van der Waals surface area contributed by atoms with Crippen molar-refractivity contribution in [3.63, 3.8) is 0 Å². The zero-order chi connectivity index (χ0) is 41.0. The van der Waals surface area contributed by atoms with Crippen LogP contribution in [-0.2, 0) is 0 Å². The number of nitrogens with zero attached hydrogens (tertiary/aromatic N) is 2. The Morgan fingerprint density at radius 1 is 0.355 bits per heavy atom. The van der Waals surface area contributed by atoms with Gasteiger partial charge in [0.05, 0.1) is 0 Å². The van der Waals surface area contributed by atoms with E-state index in [-0.39, 0.29) is 6.17 Å². The Balaban J connectivity index is 0.965. The van der Waals surface area contributed by atoms with Gasteiger partial charge in [-0.2, -0.15) is 0 Å². The number of amidine groups is 2. The molecule has 1 atom stereocenters. The third kappa shape index (κ3) is 6.35. The fourth-order valence-corrected chi connectivity index (χ4v) is 8.84. The van der Waals surface area contributed by atoms with Crippen LogP contribution in [-0.4, -0.2) is 11.7 Å². The minimum Gasteiger partial charge on any atom is -0.456 e. The molecular formula is C57H37N3O2. The van der Waals surface area contributed by atoms with Crippen LogP contribution in [0.2, 0.25) is 0 Å². The summed E-state index contributed by atoms with van der Waals surface area (Å²) in [5, 5.41) is 7.95. The standard InChI is InChI=1S/C57H37N3O2/c1-4-13-36(14-5-1)39-23-25-40(26-24-39)55-58-56(41-27-29-48-47-19-10-11-21-50(47)61-52(48)34-41)60-57(59-55)42-28-30-49-53(35-42)62-51-22-12-20-46(54(49)51)45-32-43(37-15-6-2-7-16-37)31-44(33-45)38-17-8-3-9-18-38/h1-35,55H,(H,58,59,60). The minimum atomic E-state index is -0.387. The number of furan rings is 2. The van der Waals surface area contributed by atoms with E-state index in [0.717, 1.165) is 88.4 Å². The van der Waals surface area contributed by atoms with E-state index < -0.39 is 0 Å². The molecule has 292 valence electrons. The monoisotopic (exact) mass is 795 g/mol. The number of benzene rings is 9. The van der Waals surface area contributed by atoms with Crippen LogP contribution in [0.15, 0.2) is 231 Å². The summed E-state index contributed by atoms with van der Waals surface area (Å²) in [4.78, 5) is 10.4. The summed E-state index contributed by atoms with van der Waals surface area (Å²) in [7, 11) is 0. The molecule has 5 nitrogen and oxygen atoms in total. The number of nitrogens with one attached hydrogen (secondary N) is 1. The fraction of sp³-hybridized carbons (Fsp3) is 0.0175. The number of hydrogen-bond acceptors (Lipinski definition) is 5. The van der Waals surface area contributed by atoms with Gasteiger partial charge in [0.2, 0.25) is 0 Å². The number of rotatable bonds is 7. The molecule has 2 aromatic heterocycles. The Labute approximate surface area is 358 Å². The maximum atomic E-state index is 6.71. The van der Waals surface area contributed by atoms with Gasteiger partial charge in [-0.1, -0.05) is 158 Å². The highest BCUT2D eigenvalue weighted by atomic mass is 16.3. The van der Waals surface area contributed by atoms with E-state index in [1.54, 1.807) is 0 Å². The molecule has 0 saturated carbocycles. The minimum absolute atomic E-state index is 0.387. The first-order chi connectivity index (χ1) is 30.7. The molecule has 1 aliphatic heterocycles. The fourth-order valence-electron chi connectivity index (χ4n) is 8.84. The smallest absolute Gasteiger partial charge is 0.159 e. The summed E-state index contributed by atoms with van der Waals surface area (Å²) in [6, 6.07) is 74.2. The number of para-hydroxylation sites is 1. The van der Waals surface area contributed by atoms with Crippen LogP contribution in [0.25, 0.3) is 88.4 Å². The molecule has 9 aromatic carbocycles. The predicted molar refractivity (Wildman–Crippen MR) is 255 cm³/mol. The van der Waals surface area contributed by atoms with Crippen LogP contribution in [0.1, 0.15) is 22.9 Å². The molecule has 0 saturated heterocycles. The topological polar surface area (TPSA) is 63.0 Å². The summed E-state index contributed by atoms with van der Waals surface area (Å²) < 4.78 is 13.0. The Hall–Kier alpha value is -8.28. The molecule has 0 radical (unpaired) electrons. The van der Waals surface area contributed by atoms with Crippen molar-refractivity contribution in [3.8, 4) is 44.5 Å². The first-order valence-corrected chi connectivity index (χ1v) is 20.9. The van der Waals surface area contributed by atoms with Crippen molar-refractivity contribution in [3.05, 3.63) is 229 Å². The molecular weight excluding hydrogens is 759 g/mol. The lowest BCUT2D eigenvalue weighted by molar-refractivity contribution is 0.666. The molecule has 5 heteroatoms. The molecule has 1 unspecified atom stereocenters. The third-order valence-electron chi connectivity index (χ3n) is 11.9. The van der Waals surface area contributed by atoms with Crippen LogP contribution in [0, 0.1) is 0 Å². The number of fused-ring (bicyclic) bond motifs is 6. The van der Waals surface area contributed by atoms with Crippen LogP contribution in [0.3, 0.4) is 0 Å². The lowest BCUT2D eigenvalue weighted by Gasteiger charge is -2.24. The maximum Gasteiger partial charge on any atom is 0.159 e. The molecule has 1 aliphatic rings. The number of hydrogen-bond donors (Lipinski definition) is 1. The maximum absolute atomic E-state index is 6.71. The van der Waals surface area contributed by atoms with Gasteiger partial charge in [0, 0.05) is 32.7 Å². The van der Waals surface area contributed by atoms with Gasteiger partial charge in [-0.25, -0.2) is 9.98 Å². The average Bonchev–Trinajstić information content (AvgIpc) is 3.92. The SMILES string of the molecule is c1ccc(-c2ccc(C3N=C(c4ccc5c(c4)oc4ccccc45)N=C(c4ccc5c(c4)oc4cccc(-c6cc(-c7ccccc7)cc(-c7ccccc7)c6)c45)N3)cc2)cc1. The second-order valence-electron chi connectivity index (χ2n) is 15.8. The van der Waals surface area contributed by atoms with E-state index >= 15 is 0 Å². The quantitative estimate of drug-likeness (QED) is 0.175. The third-order valence-corrected chi connectivity index (χ3v) is 11.9. The van der Waals surface area contributed by atoms with Crippen LogP contribution in [0.5, 0.6) is 0 Å². The molecule has 11 aromatic rings. The van der Waals surface area contributed by atoms with E-state index in [0.29, 0.717) is 11.7 Å². The van der Waals surface area contributed by atoms with Crippen LogP contribution in [0.4, 0.5) is 0 Å². The normalized spacial score (nSPS) is 14.0. The molecule has 0 spiro atoms. The highest BCUT2D eigenvalue weighted by molar-refractivity contribution is 6.17. The van der Waals surface area contributed by atoms with Gasteiger partial charge in [0.1, 0.15) is 34.3 Å². The molecule has 1 N–H and O–H groups in total. The van der Waals surface area contributed by atoms with Crippen molar-refractivity contribution < 1.29 is 8.83 Å². The van der Waals surface area contributed by atoms with Crippen LogP contribution < -0.4 is 5.32 Å². The Morgan fingerprint density at radius 3 is 1.60 bits per heavy atom. The number of aliphatic imine (C=N–C) groups is 2. The second-order valence-corrected chi connectivity index (χ2v) is 15.8. The van der Waals surface area contributed by atoms with E-state index in [1.165, 1.54) is 16.7 Å². The second kappa shape index (κ2) is 14.8. The molecule has 62 heavy (non-hydrogen) atoms. The first kappa shape index (κ1) is 35.6. The first-order valence-electron chi connectivity index (χ1n) is 20.9. The van der Waals surface area contributed by atoms with Gasteiger partial charge in [-0.3, -0.25) is 0 Å². The van der Waals surface area contributed by atoms with E-state index in [4.69, 9.17) is 18.8 Å². The lowest BCUT2D eigenvalue weighted by atomic mass is 9.91. The van der Waals surface area contributed by atoms with Crippen molar-refractivity contribution in [2.45, 2.75) is 6.17 Å². The highest BCUT2D eigenvalue weighted by Crippen LogP contribution is 2.40. The average molecular weight is 796 g/mol. The zero-order valence-corrected chi connectivity index (χ0v) is 33.5. The van der Waals surface area contributed by atoms with Crippen LogP contribution >= 0.6 is 0 Å². The Bertz CT molecular complexity index is 3470. The van der Waals surface area contributed by atoms with Gasteiger partial charge in [0.25, 0.3) is 0 Å². The predicted octanol–water partition coefficient (Wildman–Crippen LogP) is 14.6.